The van der Waals surface area contributed by atoms with Crippen LogP contribution in [0.3, 0.4) is 0 Å². The van der Waals surface area contributed by atoms with Gasteiger partial charge in [-0.3, -0.25) is 4.79 Å². The molecule has 1 fully saturated rings. The highest BCUT2D eigenvalue weighted by Gasteiger charge is 2.24. The SMILES string of the molecule is NC(=O)C1=CN(C2CCOCC2)NC1. The molecule has 3 N–H and O–H groups in total. The number of hydrogen-bond acceptors (Lipinski definition) is 4. The molecule has 1 amide bonds. The van der Waals surface area contributed by atoms with Gasteiger partial charge < -0.3 is 15.5 Å². The number of nitrogens with one attached hydrogen (secondary N) is 1. The van der Waals surface area contributed by atoms with Crippen molar-refractivity contribution in [3.63, 3.8) is 0 Å². The summed E-state index contributed by atoms with van der Waals surface area (Å²) in [4.78, 5) is 10.9. The van der Waals surface area contributed by atoms with Crippen LogP contribution in [-0.2, 0) is 9.53 Å². The van der Waals surface area contributed by atoms with Crippen LogP contribution in [0.4, 0.5) is 0 Å². The Balaban J connectivity index is 1.96. The van der Waals surface area contributed by atoms with Crippen molar-refractivity contribution in [3.8, 4) is 0 Å². The predicted molar refractivity (Wildman–Crippen MR) is 51.0 cm³/mol. The summed E-state index contributed by atoms with van der Waals surface area (Å²) in [6.45, 7) is 2.14. The van der Waals surface area contributed by atoms with Crippen molar-refractivity contribution in [3.05, 3.63) is 11.8 Å². The summed E-state index contributed by atoms with van der Waals surface area (Å²) >= 11 is 0. The standard InChI is InChI=1S/C9H15N3O2/c10-9(13)7-5-11-12(6-7)8-1-3-14-4-2-8/h6,8,11H,1-5H2,(H2,10,13). The molecule has 0 unspecified atom stereocenters. The predicted octanol–water partition coefficient (Wildman–Crippen LogP) is -0.645. The number of rotatable bonds is 2. The molecule has 1 saturated heterocycles. The molecule has 0 aromatic carbocycles. The zero-order chi connectivity index (χ0) is 9.97. The van der Waals surface area contributed by atoms with Gasteiger partial charge in [-0.2, -0.15) is 0 Å². The summed E-state index contributed by atoms with van der Waals surface area (Å²) in [5.74, 6) is -0.341. The number of carbonyl (C=O) groups excluding carboxylic acids is 1. The first-order valence-electron chi connectivity index (χ1n) is 4.87. The number of nitrogens with zero attached hydrogens (tertiary/aromatic N) is 1. The molecule has 2 aliphatic rings. The number of amides is 1. The molecule has 14 heavy (non-hydrogen) atoms. The van der Waals surface area contributed by atoms with Gasteiger partial charge in [-0.05, 0) is 12.8 Å². The molecule has 2 aliphatic heterocycles. The number of primary amides is 1. The molecule has 0 aromatic rings. The quantitative estimate of drug-likeness (QED) is 0.617. The Morgan fingerprint density at radius 1 is 1.57 bits per heavy atom. The van der Waals surface area contributed by atoms with Crippen LogP contribution in [0, 0.1) is 0 Å². The molecule has 0 saturated carbocycles. The van der Waals surface area contributed by atoms with Crippen LogP contribution < -0.4 is 11.2 Å². The van der Waals surface area contributed by atoms with Crippen molar-refractivity contribution < 1.29 is 9.53 Å². The second-order valence-electron chi connectivity index (χ2n) is 3.60. The molecular formula is C9H15N3O2. The molecule has 0 aromatic heterocycles. The van der Waals surface area contributed by atoms with E-state index >= 15 is 0 Å². The van der Waals surface area contributed by atoms with E-state index in [1.54, 1.807) is 0 Å². The van der Waals surface area contributed by atoms with Gasteiger partial charge >= 0.3 is 0 Å². The fourth-order valence-electron chi connectivity index (χ4n) is 1.78. The Kier molecular flexibility index (Phi) is 2.69. The van der Waals surface area contributed by atoms with E-state index in [0.717, 1.165) is 26.1 Å². The van der Waals surface area contributed by atoms with Gasteiger partial charge in [-0.25, -0.2) is 5.43 Å². The van der Waals surface area contributed by atoms with Crippen LogP contribution in [-0.4, -0.2) is 36.7 Å². The lowest BCUT2D eigenvalue weighted by Gasteiger charge is -2.30. The van der Waals surface area contributed by atoms with Gasteiger partial charge in [0.25, 0.3) is 0 Å². The van der Waals surface area contributed by atoms with E-state index in [9.17, 15) is 4.79 Å². The Labute approximate surface area is 82.9 Å². The fraction of sp³-hybridized carbons (Fsp3) is 0.667. The molecule has 5 nitrogen and oxygen atoms in total. The first-order chi connectivity index (χ1) is 6.77. The number of hydrazine groups is 1. The van der Waals surface area contributed by atoms with Crippen LogP contribution in [0.1, 0.15) is 12.8 Å². The molecule has 78 valence electrons. The Morgan fingerprint density at radius 3 is 2.86 bits per heavy atom. The number of carbonyl (C=O) groups is 1. The minimum atomic E-state index is -0.341. The molecule has 0 spiro atoms. The van der Waals surface area contributed by atoms with Crippen LogP contribution in [0.25, 0.3) is 0 Å². The topological polar surface area (TPSA) is 67.6 Å². The van der Waals surface area contributed by atoms with Gasteiger partial charge in [-0.15, -0.1) is 0 Å². The first-order valence-corrected chi connectivity index (χ1v) is 4.87. The van der Waals surface area contributed by atoms with E-state index in [1.165, 1.54) is 0 Å². The van der Waals surface area contributed by atoms with E-state index in [-0.39, 0.29) is 5.91 Å². The summed E-state index contributed by atoms with van der Waals surface area (Å²) < 4.78 is 5.27. The number of hydrogen-bond donors (Lipinski definition) is 2. The van der Waals surface area contributed by atoms with Crippen LogP contribution >= 0.6 is 0 Å². The van der Waals surface area contributed by atoms with E-state index in [2.05, 4.69) is 5.43 Å². The maximum absolute atomic E-state index is 10.9. The van der Waals surface area contributed by atoms with Gasteiger partial charge in [0.05, 0.1) is 0 Å². The average molecular weight is 197 g/mol. The van der Waals surface area contributed by atoms with Crippen LogP contribution in [0.15, 0.2) is 11.8 Å². The summed E-state index contributed by atoms with van der Waals surface area (Å²) in [6, 6.07) is 0.431. The van der Waals surface area contributed by atoms with Gasteiger partial charge in [0, 0.05) is 37.6 Å². The molecule has 5 heteroatoms. The lowest BCUT2D eigenvalue weighted by molar-refractivity contribution is -0.114. The summed E-state index contributed by atoms with van der Waals surface area (Å²) in [5.41, 5.74) is 8.98. The van der Waals surface area contributed by atoms with Crippen molar-refractivity contribution in [1.29, 1.82) is 0 Å². The third-order valence-corrected chi connectivity index (χ3v) is 2.65. The maximum Gasteiger partial charge on any atom is 0.247 e. The lowest BCUT2D eigenvalue weighted by atomic mass is 10.1. The van der Waals surface area contributed by atoms with Crippen molar-refractivity contribution in [2.24, 2.45) is 5.73 Å². The lowest BCUT2D eigenvalue weighted by Crippen LogP contribution is -2.41. The van der Waals surface area contributed by atoms with Crippen molar-refractivity contribution >= 4 is 5.91 Å². The fourth-order valence-corrected chi connectivity index (χ4v) is 1.78. The highest BCUT2D eigenvalue weighted by Crippen LogP contribution is 2.16. The first kappa shape index (κ1) is 9.48. The second kappa shape index (κ2) is 3.98. The number of nitrogens with two attached hydrogens (primary N) is 1. The van der Waals surface area contributed by atoms with Crippen LogP contribution in [0.5, 0.6) is 0 Å². The molecule has 0 bridgehead atoms. The molecule has 2 rings (SSSR count). The molecule has 0 radical (unpaired) electrons. The zero-order valence-electron chi connectivity index (χ0n) is 8.03. The summed E-state index contributed by atoms with van der Waals surface area (Å²) in [6.07, 6.45) is 3.81. The van der Waals surface area contributed by atoms with Gasteiger partial charge in [0.2, 0.25) is 5.91 Å². The highest BCUT2D eigenvalue weighted by molar-refractivity contribution is 5.92. The summed E-state index contributed by atoms with van der Waals surface area (Å²) in [7, 11) is 0. The monoisotopic (exact) mass is 197 g/mol. The van der Waals surface area contributed by atoms with E-state index in [1.807, 2.05) is 11.2 Å². The van der Waals surface area contributed by atoms with Crippen molar-refractivity contribution in [2.45, 2.75) is 18.9 Å². The van der Waals surface area contributed by atoms with Crippen LogP contribution in [0.2, 0.25) is 0 Å². The van der Waals surface area contributed by atoms with Crippen molar-refractivity contribution in [2.75, 3.05) is 19.8 Å². The van der Waals surface area contributed by atoms with E-state index in [4.69, 9.17) is 10.5 Å². The minimum Gasteiger partial charge on any atom is -0.381 e. The Hall–Kier alpha value is -1.07. The second-order valence-corrected chi connectivity index (χ2v) is 3.60. The molecular weight excluding hydrogens is 182 g/mol. The minimum absolute atomic E-state index is 0.341. The van der Waals surface area contributed by atoms with Gasteiger partial charge in [0.15, 0.2) is 0 Å². The molecule has 0 atom stereocenters. The average Bonchev–Trinajstić information content (AvgIpc) is 2.68. The third-order valence-electron chi connectivity index (χ3n) is 2.65. The largest absolute Gasteiger partial charge is 0.381 e. The smallest absolute Gasteiger partial charge is 0.247 e. The highest BCUT2D eigenvalue weighted by atomic mass is 16.5. The Morgan fingerprint density at radius 2 is 2.29 bits per heavy atom. The van der Waals surface area contributed by atoms with Gasteiger partial charge in [-0.1, -0.05) is 0 Å². The molecule has 0 aliphatic carbocycles. The van der Waals surface area contributed by atoms with E-state index in [0.29, 0.717) is 18.2 Å². The Bertz CT molecular complexity index is 259. The van der Waals surface area contributed by atoms with E-state index < -0.39 is 0 Å². The molecule has 2 heterocycles. The zero-order valence-corrected chi connectivity index (χ0v) is 8.03. The van der Waals surface area contributed by atoms with Gasteiger partial charge in [0.1, 0.15) is 0 Å². The van der Waals surface area contributed by atoms with Crippen molar-refractivity contribution in [1.82, 2.24) is 10.4 Å². The maximum atomic E-state index is 10.9. The third kappa shape index (κ3) is 1.88. The summed E-state index contributed by atoms with van der Waals surface area (Å²) in [5, 5.41) is 1.99. The number of ether oxygens (including phenoxy) is 1. The normalized spacial score (nSPS) is 23.7.